The van der Waals surface area contributed by atoms with E-state index < -0.39 is 0 Å². The molecular weight excluding hydrogens is 262 g/mol. The minimum atomic E-state index is -0.305. The molecule has 1 rings (SSSR count). The first-order valence-electron chi connectivity index (χ1n) is 7.44. The van der Waals surface area contributed by atoms with Crippen LogP contribution in [0.5, 0.6) is 0 Å². The topological polar surface area (TPSA) is 58.6 Å². The zero-order valence-electron chi connectivity index (χ0n) is 11.9. The second kappa shape index (κ2) is 10.5. The lowest BCUT2D eigenvalue weighted by molar-refractivity contribution is -0.151. The van der Waals surface area contributed by atoms with Crippen LogP contribution in [0.2, 0.25) is 0 Å². The number of aliphatic hydroxyl groups excluding tert-OH is 1. The molecule has 112 valence electrons. The molecular formula is C14H27NO3S. The van der Waals surface area contributed by atoms with Crippen LogP contribution >= 0.6 is 11.9 Å². The SMILES string of the molecule is CCCCC(CO)OC(=O)CCCCC1CCSN1. The largest absolute Gasteiger partial charge is 0.460 e. The van der Waals surface area contributed by atoms with Crippen molar-refractivity contribution < 1.29 is 14.6 Å². The van der Waals surface area contributed by atoms with Crippen LogP contribution < -0.4 is 4.72 Å². The predicted molar refractivity (Wildman–Crippen MR) is 79.0 cm³/mol. The van der Waals surface area contributed by atoms with Gasteiger partial charge in [-0.15, -0.1) is 0 Å². The molecule has 1 aliphatic heterocycles. The zero-order chi connectivity index (χ0) is 13.9. The molecule has 2 atom stereocenters. The van der Waals surface area contributed by atoms with Gasteiger partial charge < -0.3 is 9.84 Å². The molecule has 0 radical (unpaired) electrons. The fourth-order valence-corrected chi connectivity index (χ4v) is 3.16. The average Bonchev–Trinajstić information content (AvgIpc) is 2.92. The molecule has 2 unspecified atom stereocenters. The molecule has 1 heterocycles. The third-order valence-electron chi connectivity index (χ3n) is 3.38. The highest BCUT2D eigenvalue weighted by Gasteiger charge is 2.15. The maximum atomic E-state index is 11.6. The van der Waals surface area contributed by atoms with Crippen LogP contribution in [-0.4, -0.2) is 35.6 Å². The number of carbonyl (C=O) groups is 1. The van der Waals surface area contributed by atoms with E-state index in [0.717, 1.165) is 38.5 Å². The molecule has 19 heavy (non-hydrogen) atoms. The summed E-state index contributed by atoms with van der Waals surface area (Å²) in [6.45, 7) is 2.03. The highest BCUT2D eigenvalue weighted by atomic mass is 32.2. The molecule has 1 fully saturated rings. The quantitative estimate of drug-likeness (QED) is 0.368. The van der Waals surface area contributed by atoms with Gasteiger partial charge in [0.1, 0.15) is 6.10 Å². The summed E-state index contributed by atoms with van der Waals surface area (Å²) < 4.78 is 8.64. The van der Waals surface area contributed by atoms with E-state index in [4.69, 9.17) is 9.84 Å². The lowest BCUT2D eigenvalue weighted by Crippen LogP contribution is -2.22. The van der Waals surface area contributed by atoms with Crippen molar-refractivity contribution in [1.29, 1.82) is 0 Å². The summed E-state index contributed by atoms with van der Waals surface area (Å²) in [5, 5.41) is 9.13. The molecule has 0 saturated carbocycles. The predicted octanol–water partition coefficient (Wildman–Crippen LogP) is 2.65. The van der Waals surface area contributed by atoms with Crippen LogP contribution in [0.25, 0.3) is 0 Å². The van der Waals surface area contributed by atoms with E-state index in [1.165, 1.54) is 12.2 Å². The van der Waals surface area contributed by atoms with Gasteiger partial charge in [-0.05, 0) is 32.1 Å². The number of ether oxygens (including phenoxy) is 1. The van der Waals surface area contributed by atoms with E-state index in [2.05, 4.69) is 11.6 Å². The van der Waals surface area contributed by atoms with E-state index in [1.807, 2.05) is 0 Å². The van der Waals surface area contributed by atoms with Crippen molar-refractivity contribution >= 4 is 17.9 Å². The summed E-state index contributed by atoms with van der Waals surface area (Å²) in [5.74, 6) is 1.03. The fraction of sp³-hybridized carbons (Fsp3) is 0.929. The Morgan fingerprint density at radius 1 is 1.47 bits per heavy atom. The third-order valence-corrected chi connectivity index (χ3v) is 4.32. The van der Waals surface area contributed by atoms with Gasteiger partial charge in [0.2, 0.25) is 0 Å². The van der Waals surface area contributed by atoms with E-state index >= 15 is 0 Å². The Kier molecular flexibility index (Phi) is 9.30. The maximum absolute atomic E-state index is 11.6. The van der Waals surface area contributed by atoms with Crippen LogP contribution in [0.15, 0.2) is 0 Å². The number of esters is 1. The molecule has 0 bridgehead atoms. The van der Waals surface area contributed by atoms with Crippen molar-refractivity contribution in [1.82, 2.24) is 4.72 Å². The van der Waals surface area contributed by atoms with Crippen molar-refractivity contribution in [2.75, 3.05) is 12.4 Å². The first kappa shape index (κ1) is 16.8. The Balaban J connectivity index is 2.02. The third kappa shape index (κ3) is 7.80. The van der Waals surface area contributed by atoms with Crippen LogP contribution in [0, 0.1) is 0 Å². The average molecular weight is 289 g/mol. The Hall–Kier alpha value is -0.260. The molecule has 0 aromatic heterocycles. The van der Waals surface area contributed by atoms with Gasteiger partial charge in [-0.25, -0.2) is 0 Å². The van der Waals surface area contributed by atoms with Gasteiger partial charge in [-0.3, -0.25) is 9.52 Å². The van der Waals surface area contributed by atoms with E-state index in [9.17, 15) is 4.79 Å². The van der Waals surface area contributed by atoms with Crippen molar-refractivity contribution in [3.8, 4) is 0 Å². The maximum Gasteiger partial charge on any atom is 0.306 e. The second-order valence-electron chi connectivity index (χ2n) is 5.13. The Labute approximate surface area is 120 Å². The lowest BCUT2D eigenvalue weighted by atomic mass is 10.1. The minimum absolute atomic E-state index is 0.0606. The summed E-state index contributed by atoms with van der Waals surface area (Å²) in [6, 6.07) is 0.621. The number of hydrogen-bond acceptors (Lipinski definition) is 5. The molecule has 0 amide bonds. The monoisotopic (exact) mass is 289 g/mol. The number of unbranched alkanes of at least 4 members (excludes halogenated alkanes) is 2. The van der Waals surface area contributed by atoms with Gasteiger partial charge in [0.05, 0.1) is 6.61 Å². The van der Waals surface area contributed by atoms with Crippen LogP contribution in [0.4, 0.5) is 0 Å². The summed E-state index contributed by atoms with van der Waals surface area (Å²) >= 11 is 1.80. The van der Waals surface area contributed by atoms with Crippen molar-refractivity contribution in [2.24, 2.45) is 0 Å². The molecule has 1 saturated heterocycles. The summed E-state index contributed by atoms with van der Waals surface area (Å²) in [4.78, 5) is 11.6. The normalized spacial score (nSPS) is 20.4. The van der Waals surface area contributed by atoms with Gasteiger partial charge in [-0.1, -0.05) is 31.7 Å². The van der Waals surface area contributed by atoms with Gasteiger partial charge >= 0.3 is 5.97 Å². The lowest BCUT2D eigenvalue weighted by Gasteiger charge is -2.15. The fourth-order valence-electron chi connectivity index (χ4n) is 2.16. The summed E-state index contributed by atoms with van der Waals surface area (Å²) in [6.07, 6.45) is 7.30. The van der Waals surface area contributed by atoms with Crippen LogP contribution in [-0.2, 0) is 9.53 Å². The molecule has 0 aromatic carbocycles. The Morgan fingerprint density at radius 3 is 2.95 bits per heavy atom. The van der Waals surface area contributed by atoms with Crippen molar-refractivity contribution in [2.45, 2.75) is 70.4 Å². The van der Waals surface area contributed by atoms with Gasteiger partial charge in [0.15, 0.2) is 0 Å². The number of aliphatic hydroxyl groups is 1. The van der Waals surface area contributed by atoms with E-state index in [-0.39, 0.29) is 18.7 Å². The number of hydrogen-bond donors (Lipinski definition) is 2. The van der Waals surface area contributed by atoms with Crippen molar-refractivity contribution in [3.05, 3.63) is 0 Å². The standard InChI is InChI=1S/C14H27NO3S/c1-2-3-7-13(11-16)18-14(17)8-5-4-6-12-9-10-19-15-12/h12-13,15-16H,2-11H2,1H3. The summed E-state index contributed by atoms with van der Waals surface area (Å²) in [7, 11) is 0. The Bertz CT molecular complexity index is 245. The smallest absolute Gasteiger partial charge is 0.306 e. The summed E-state index contributed by atoms with van der Waals surface area (Å²) in [5.41, 5.74) is 0. The number of rotatable bonds is 10. The Morgan fingerprint density at radius 2 is 2.32 bits per heavy atom. The molecule has 2 N–H and O–H groups in total. The van der Waals surface area contributed by atoms with Crippen LogP contribution in [0.3, 0.4) is 0 Å². The molecule has 0 spiro atoms. The number of carbonyl (C=O) groups excluding carboxylic acids is 1. The van der Waals surface area contributed by atoms with Gasteiger partial charge in [-0.2, -0.15) is 0 Å². The minimum Gasteiger partial charge on any atom is -0.460 e. The van der Waals surface area contributed by atoms with Crippen LogP contribution in [0.1, 0.15) is 58.3 Å². The van der Waals surface area contributed by atoms with Gasteiger partial charge in [0.25, 0.3) is 0 Å². The second-order valence-corrected chi connectivity index (χ2v) is 6.07. The van der Waals surface area contributed by atoms with Crippen molar-refractivity contribution in [3.63, 3.8) is 0 Å². The van der Waals surface area contributed by atoms with Gasteiger partial charge in [0, 0.05) is 18.2 Å². The number of nitrogens with one attached hydrogen (secondary N) is 1. The first-order chi connectivity index (χ1) is 9.26. The van der Waals surface area contributed by atoms with E-state index in [0.29, 0.717) is 12.5 Å². The first-order valence-corrected chi connectivity index (χ1v) is 8.42. The molecule has 5 heteroatoms. The van der Waals surface area contributed by atoms with E-state index in [1.54, 1.807) is 11.9 Å². The zero-order valence-corrected chi connectivity index (χ0v) is 12.7. The highest BCUT2D eigenvalue weighted by molar-refractivity contribution is 7.97. The highest BCUT2D eigenvalue weighted by Crippen LogP contribution is 2.18. The molecule has 4 nitrogen and oxygen atoms in total. The molecule has 0 aromatic rings. The molecule has 1 aliphatic rings. The molecule has 0 aliphatic carbocycles.